The van der Waals surface area contributed by atoms with E-state index in [0.29, 0.717) is 62.3 Å². The summed E-state index contributed by atoms with van der Waals surface area (Å²) in [6.45, 7) is 6.05. The molecular weight excluding hydrogens is 448 g/mol. The maximum atomic E-state index is 12.8. The number of ether oxygens (including phenoxy) is 6. The summed E-state index contributed by atoms with van der Waals surface area (Å²) in [5.41, 5.74) is -0.960. The normalized spacial score (nSPS) is 16.3. The van der Waals surface area contributed by atoms with Gasteiger partial charge < -0.3 is 28.4 Å². The molecule has 0 atom stereocenters. The van der Waals surface area contributed by atoms with Crippen LogP contribution in [0.1, 0.15) is 52.4 Å². The first-order valence-corrected chi connectivity index (χ1v) is 12.6. The Hall–Kier alpha value is -2.93. The van der Waals surface area contributed by atoms with Crippen LogP contribution in [0.2, 0.25) is 0 Å². The molecule has 3 rings (SSSR count). The molecule has 0 radical (unpaired) electrons. The van der Waals surface area contributed by atoms with Crippen LogP contribution in [0.3, 0.4) is 0 Å². The van der Waals surface area contributed by atoms with Crippen molar-refractivity contribution in [3.8, 4) is 23.0 Å². The number of benzene rings is 2. The van der Waals surface area contributed by atoms with Crippen LogP contribution in [0.4, 0.5) is 0 Å². The molecule has 0 spiro atoms. The van der Waals surface area contributed by atoms with E-state index in [1.54, 1.807) is 0 Å². The summed E-state index contributed by atoms with van der Waals surface area (Å²) in [6.07, 6.45) is 4.59. The molecule has 0 bridgehead atoms. The minimum absolute atomic E-state index is 0.139. The van der Waals surface area contributed by atoms with Gasteiger partial charge in [-0.25, -0.2) is 0 Å². The van der Waals surface area contributed by atoms with Crippen molar-refractivity contribution in [2.45, 2.75) is 58.0 Å². The summed E-state index contributed by atoms with van der Waals surface area (Å²) in [5, 5.41) is 0. The molecular formula is C28H38O7. The quantitative estimate of drug-likeness (QED) is 0.373. The molecule has 35 heavy (non-hydrogen) atoms. The molecule has 192 valence electrons. The first kappa shape index (κ1) is 26.7. The number of unbranched alkanes of at least 4 members (excludes halogenated alkanes) is 2. The number of carbonyl (C=O) groups excluding carboxylic acids is 1. The lowest BCUT2D eigenvalue weighted by molar-refractivity contribution is -0.169. The van der Waals surface area contributed by atoms with Crippen molar-refractivity contribution in [3.05, 3.63) is 48.5 Å². The van der Waals surface area contributed by atoms with Crippen molar-refractivity contribution in [2.75, 3.05) is 39.6 Å². The number of hydrogen-bond donors (Lipinski definition) is 0. The van der Waals surface area contributed by atoms with Crippen LogP contribution >= 0.6 is 0 Å². The molecule has 2 aromatic carbocycles. The maximum absolute atomic E-state index is 12.8. The van der Waals surface area contributed by atoms with Gasteiger partial charge in [-0.3, -0.25) is 4.79 Å². The Kier molecular flexibility index (Phi) is 11.0. The summed E-state index contributed by atoms with van der Waals surface area (Å²) in [5.74, 6) is 2.17. The highest BCUT2D eigenvalue weighted by atomic mass is 16.6. The van der Waals surface area contributed by atoms with Crippen molar-refractivity contribution in [1.82, 2.24) is 0 Å². The Morgan fingerprint density at radius 2 is 1.26 bits per heavy atom. The molecule has 0 unspecified atom stereocenters. The average molecular weight is 487 g/mol. The zero-order valence-electron chi connectivity index (χ0n) is 21.0. The van der Waals surface area contributed by atoms with Crippen molar-refractivity contribution in [1.29, 1.82) is 0 Å². The van der Waals surface area contributed by atoms with Gasteiger partial charge in [-0.2, -0.15) is 0 Å². The third-order valence-corrected chi connectivity index (χ3v) is 5.67. The van der Waals surface area contributed by atoms with Crippen molar-refractivity contribution < 1.29 is 33.2 Å². The van der Waals surface area contributed by atoms with Crippen LogP contribution < -0.4 is 18.9 Å². The smallest absolute Gasteiger partial charge is 0.306 e. The predicted molar refractivity (Wildman–Crippen MR) is 134 cm³/mol. The third-order valence-electron chi connectivity index (χ3n) is 5.67. The molecule has 0 saturated heterocycles. The SMILES string of the molecule is CCCCCC(=O)OC1(CCC)COc2ccccc2OCCOCCOc2ccccc2OC1. The van der Waals surface area contributed by atoms with Gasteiger partial charge in [0, 0.05) is 6.42 Å². The third kappa shape index (κ3) is 8.66. The highest BCUT2D eigenvalue weighted by Gasteiger charge is 2.37. The second kappa shape index (κ2) is 14.5. The summed E-state index contributed by atoms with van der Waals surface area (Å²) >= 11 is 0. The van der Waals surface area contributed by atoms with Gasteiger partial charge in [-0.05, 0) is 37.1 Å². The number of fused-ring (bicyclic) bond motifs is 2. The molecule has 1 heterocycles. The number of carbonyl (C=O) groups is 1. The highest BCUT2D eigenvalue weighted by Crippen LogP contribution is 2.32. The van der Waals surface area contributed by atoms with Crippen molar-refractivity contribution in [2.24, 2.45) is 0 Å². The van der Waals surface area contributed by atoms with Gasteiger partial charge in [0.1, 0.15) is 26.4 Å². The molecule has 0 amide bonds. The topological polar surface area (TPSA) is 72.5 Å². The largest absolute Gasteiger partial charge is 0.487 e. The zero-order valence-corrected chi connectivity index (χ0v) is 21.0. The van der Waals surface area contributed by atoms with Crippen LogP contribution in [0.25, 0.3) is 0 Å². The number of esters is 1. The van der Waals surface area contributed by atoms with Crippen LogP contribution in [0.15, 0.2) is 48.5 Å². The fourth-order valence-corrected chi connectivity index (χ4v) is 3.88. The Morgan fingerprint density at radius 3 is 1.74 bits per heavy atom. The lowest BCUT2D eigenvalue weighted by Gasteiger charge is -2.33. The van der Waals surface area contributed by atoms with Gasteiger partial charge in [-0.1, -0.05) is 57.4 Å². The van der Waals surface area contributed by atoms with Crippen molar-refractivity contribution >= 4 is 5.97 Å². The van der Waals surface area contributed by atoms with E-state index in [9.17, 15) is 4.79 Å². The number of para-hydroxylation sites is 4. The van der Waals surface area contributed by atoms with Gasteiger partial charge in [0.05, 0.1) is 13.2 Å². The molecule has 0 aromatic heterocycles. The molecule has 1 aliphatic rings. The molecule has 1 aliphatic heterocycles. The van der Waals surface area contributed by atoms with E-state index in [1.807, 2.05) is 48.5 Å². The van der Waals surface area contributed by atoms with Crippen LogP contribution in [0, 0.1) is 0 Å². The molecule has 0 N–H and O–H groups in total. The number of rotatable bonds is 7. The average Bonchev–Trinajstić information content (AvgIpc) is 2.86. The van der Waals surface area contributed by atoms with E-state index in [4.69, 9.17) is 28.4 Å². The lowest BCUT2D eigenvalue weighted by Crippen LogP contribution is -2.46. The predicted octanol–water partition coefficient (Wildman–Crippen LogP) is 5.59. The Balaban J connectivity index is 1.86. The standard InChI is InChI=1S/C28H38O7/c1-3-5-6-15-27(29)35-28(16-4-2)21-33-25-13-9-7-11-23(25)31-19-17-30-18-20-32-24-12-8-10-14-26(24)34-22-28/h7-14H,3-6,15-22H2,1-2H3. The van der Waals surface area contributed by atoms with E-state index in [0.717, 1.165) is 25.7 Å². The van der Waals surface area contributed by atoms with E-state index < -0.39 is 5.60 Å². The van der Waals surface area contributed by atoms with Gasteiger partial charge in [0.2, 0.25) is 0 Å². The molecule has 7 nitrogen and oxygen atoms in total. The van der Waals surface area contributed by atoms with Gasteiger partial charge >= 0.3 is 5.97 Å². The summed E-state index contributed by atoms with van der Waals surface area (Å²) in [7, 11) is 0. The molecule has 0 aliphatic carbocycles. The Labute approximate surface area is 208 Å². The summed E-state index contributed by atoms with van der Waals surface area (Å²) in [6, 6.07) is 15.0. The van der Waals surface area contributed by atoms with Crippen LogP contribution in [0.5, 0.6) is 23.0 Å². The minimum atomic E-state index is -0.960. The minimum Gasteiger partial charge on any atom is -0.487 e. The van der Waals surface area contributed by atoms with E-state index in [-0.39, 0.29) is 19.2 Å². The van der Waals surface area contributed by atoms with Crippen molar-refractivity contribution in [3.63, 3.8) is 0 Å². The highest BCUT2D eigenvalue weighted by molar-refractivity contribution is 5.70. The zero-order chi connectivity index (χ0) is 24.8. The van der Waals surface area contributed by atoms with Gasteiger partial charge in [0.25, 0.3) is 0 Å². The first-order valence-electron chi connectivity index (χ1n) is 12.6. The van der Waals surface area contributed by atoms with Gasteiger partial charge in [-0.15, -0.1) is 0 Å². The fraction of sp³-hybridized carbons (Fsp3) is 0.536. The summed E-state index contributed by atoms with van der Waals surface area (Å²) < 4.78 is 35.9. The van der Waals surface area contributed by atoms with E-state index >= 15 is 0 Å². The maximum Gasteiger partial charge on any atom is 0.306 e. The first-order chi connectivity index (χ1) is 17.2. The molecule has 0 fully saturated rings. The van der Waals surface area contributed by atoms with E-state index in [1.165, 1.54) is 0 Å². The second-order valence-corrected chi connectivity index (χ2v) is 8.64. The van der Waals surface area contributed by atoms with Gasteiger partial charge in [0.15, 0.2) is 28.6 Å². The molecule has 2 aromatic rings. The number of hydrogen-bond acceptors (Lipinski definition) is 7. The lowest BCUT2D eigenvalue weighted by atomic mass is 9.99. The fourth-order valence-electron chi connectivity index (χ4n) is 3.88. The van der Waals surface area contributed by atoms with E-state index in [2.05, 4.69) is 13.8 Å². The van der Waals surface area contributed by atoms with Crippen LogP contribution in [-0.4, -0.2) is 51.2 Å². The van der Waals surface area contributed by atoms with Crippen LogP contribution in [-0.2, 0) is 14.3 Å². The molecule has 0 saturated carbocycles. The second-order valence-electron chi connectivity index (χ2n) is 8.64. The summed E-state index contributed by atoms with van der Waals surface area (Å²) in [4.78, 5) is 12.8. The monoisotopic (exact) mass is 486 g/mol. The Morgan fingerprint density at radius 1 is 0.743 bits per heavy atom. The Bertz CT molecular complexity index is 843. The molecule has 7 heteroatoms.